The van der Waals surface area contributed by atoms with Crippen LogP contribution in [0.15, 0.2) is 36.2 Å². The highest BCUT2D eigenvalue weighted by atomic mass is 19.1. The van der Waals surface area contributed by atoms with Gasteiger partial charge >= 0.3 is 0 Å². The zero-order valence-electron chi connectivity index (χ0n) is 11.5. The van der Waals surface area contributed by atoms with Crippen LogP contribution in [0, 0.1) is 11.8 Å². The SMILES string of the molecule is C=C(C)/C=C\C(F)=C\C#CC.CC.CCC. The molecule has 0 atom stereocenters. The van der Waals surface area contributed by atoms with Gasteiger partial charge in [0.1, 0.15) is 5.83 Å². The lowest BCUT2D eigenvalue weighted by atomic mass is 10.3. The van der Waals surface area contributed by atoms with Crippen LogP contribution in [0.25, 0.3) is 0 Å². The summed E-state index contributed by atoms with van der Waals surface area (Å²) >= 11 is 0. The molecule has 0 nitrogen and oxygen atoms in total. The second kappa shape index (κ2) is 19.3. The second-order valence-electron chi connectivity index (χ2n) is 2.81. The summed E-state index contributed by atoms with van der Waals surface area (Å²) in [6, 6.07) is 0. The average Bonchev–Trinajstić information content (AvgIpc) is 2.27. The summed E-state index contributed by atoms with van der Waals surface area (Å²) in [4.78, 5) is 0. The Balaban J connectivity index is -0.000000289. The third-order valence-electron chi connectivity index (χ3n) is 0.881. The quantitative estimate of drug-likeness (QED) is 0.433. The van der Waals surface area contributed by atoms with E-state index in [9.17, 15) is 4.39 Å². The molecule has 0 saturated carbocycles. The summed E-state index contributed by atoms with van der Waals surface area (Å²) in [5.74, 6) is 4.72. The van der Waals surface area contributed by atoms with Crippen LogP contribution in [0.2, 0.25) is 0 Å². The first-order valence-electron chi connectivity index (χ1n) is 5.69. The van der Waals surface area contributed by atoms with Gasteiger partial charge in [0.25, 0.3) is 0 Å². The average molecular weight is 224 g/mol. The normalized spacial score (nSPS) is 9.06. The summed E-state index contributed by atoms with van der Waals surface area (Å²) in [5.41, 5.74) is 0.818. The van der Waals surface area contributed by atoms with Crippen molar-refractivity contribution < 1.29 is 4.39 Å². The molecule has 0 aliphatic heterocycles. The van der Waals surface area contributed by atoms with Gasteiger partial charge in [-0.05, 0) is 19.9 Å². The van der Waals surface area contributed by atoms with E-state index in [1.807, 2.05) is 13.8 Å². The van der Waals surface area contributed by atoms with Crippen molar-refractivity contribution in [2.75, 3.05) is 0 Å². The fourth-order valence-electron chi connectivity index (χ4n) is 0.411. The lowest BCUT2D eigenvalue weighted by Crippen LogP contribution is -1.65. The molecule has 0 bridgehead atoms. The van der Waals surface area contributed by atoms with Gasteiger partial charge in [-0.15, -0.1) is 5.92 Å². The topological polar surface area (TPSA) is 0 Å². The molecule has 92 valence electrons. The van der Waals surface area contributed by atoms with E-state index >= 15 is 0 Å². The molecule has 16 heavy (non-hydrogen) atoms. The lowest BCUT2D eigenvalue weighted by Gasteiger charge is -1.83. The van der Waals surface area contributed by atoms with Gasteiger partial charge in [-0.25, -0.2) is 4.39 Å². The Morgan fingerprint density at radius 2 is 1.69 bits per heavy atom. The van der Waals surface area contributed by atoms with Crippen molar-refractivity contribution in [1.29, 1.82) is 0 Å². The molecule has 1 heteroatoms. The molecule has 0 amide bonds. The molecule has 0 saturated heterocycles. The third-order valence-corrected chi connectivity index (χ3v) is 0.881. The minimum absolute atomic E-state index is 0.345. The maximum absolute atomic E-state index is 12.6. The fourth-order valence-corrected chi connectivity index (χ4v) is 0.411. The summed E-state index contributed by atoms with van der Waals surface area (Å²) in [6.07, 6.45) is 5.41. The van der Waals surface area contributed by atoms with Gasteiger partial charge in [-0.2, -0.15) is 0 Å². The van der Waals surface area contributed by atoms with Crippen molar-refractivity contribution >= 4 is 0 Å². The van der Waals surface area contributed by atoms with Crippen LogP contribution in [0.3, 0.4) is 0 Å². The van der Waals surface area contributed by atoms with Crippen LogP contribution in [0.1, 0.15) is 48.0 Å². The Labute approximate surface area is 101 Å². The highest BCUT2D eigenvalue weighted by Gasteiger charge is 1.82. The van der Waals surface area contributed by atoms with Crippen LogP contribution in [-0.2, 0) is 0 Å². The van der Waals surface area contributed by atoms with Crippen LogP contribution in [0.5, 0.6) is 0 Å². The molecule has 0 aromatic carbocycles. The smallest absolute Gasteiger partial charge is 0.131 e. The largest absolute Gasteiger partial charge is 0.206 e. The van der Waals surface area contributed by atoms with Crippen molar-refractivity contribution in [2.45, 2.75) is 48.0 Å². The van der Waals surface area contributed by atoms with Crippen molar-refractivity contribution in [1.82, 2.24) is 0 Å². The van der Waals surface area contributed by atoms with Crippen molar-refractivity contribution in [3.8, 4) is 11.8 Å². The molecule has 0 fully saturated rings. The van der Waals surface area contributed by atoms with Gasteiger partial charge in [-0.1, -0.05) is 58.3 Å². The Morgan fingerprint density at radius 1 is 1.25 bits per heavy atom. The first-order valence-corrected chi connectivity index (χ1v) is 5.69. The van der Waals surface area contributed by atoms with Gasteiger partial charge in [0.05, 0.1) is 0 Å². The Morgan fingerprint density at radius 3 is 2.00 bits per heavy atom. The first kappa shape index (κ1) is 20.2. The monoisotopic (exact) mass is 224 g/mol. The maximum atomic E-state index is 12.6. The first-order chi connectivity index (χ1) is 7.58. The van der Waals surface area contributed by atoms with Gasteiger partial charge < -0.3 is 0 Å². The third kappa shape index (κ3) is 29.3. The Hall–Kier alpha value is -1.29. The number of hydrogen-bond acceptors (Lipinski definition) is 0. The van der Waals surface area contributed by atoms with E-state index < -0.39 is 0 Å². The molecule has 0 heterocycles. The highest BCUT2D eigenvalue weighted by Crippen LogP contribution is 1.99. The van der Waals surface area contributed by atoms with Gasteiger partial charge in [0, 0.05) is 6.08 Å². The van der Waals surface area contributed by atoms with Crippen LogP contribution >= 0.6 is 0 Å². The van der Waals surface area contributed by atoms with E-state index in [0.29, 0.717) is 0 Å². The van der Waals surface area contributed by atoms with Gasteiger partial charge in [-0.3, -0.25) is 0 Å². The van der Waals surface area contributed by atoms with E-state index in [1.165, 1.54) is 18.6 Å². The molecule has 0 N–H and O–H groups in total. The lowest BCUT2D eigenvalue weighted by molar-refractivity contribution is 0.668. The molecule has 0 aromatic heterocycles. The van der Waals surface area contributed by atoms with E-state index in [-0.39, 0.29) is 5.83 Å². The van der Waals surface area contributed by atoms with Gasteiger partial charge in [0.15, 0.2) is 0 Å². The Bertz CT molecular complexity index is 259. The standard InChI is InChI=1S/C10H11F.C3H8.C2H6/c1-4-5-6-10(11)8-7-9(2)3;1-3-2;1-2/h6-8H,2H2,1,3H3;3H2,1-2H3;1-2H3/b8-7-,10-6-;;. The highest BCUT2D eigenvalue weighted by molar-refractivity contribution is 5.27. The summed E-state index contributed by atoms with van der Waals surface area (Å²) in [6.45, 7) is 15.3. The van der Waals surface area contributed by atoms with Crippen molar-refractivity contribution in [3.05, 3.63) is 36.2 Å². The summed E-state index contributed by atoms with van der Waals surface area (Å²) < 4.78 is 12.6. The van der Waals surface area contributed by atoms with Crippen LogP contribution in [-0.4, -0.2) is 0 Å². The number of halogens is 1. The van der Waals surface area contributed by atoms with Gasteiger partial charge in [0.2, 0.25) is 0 Å². The van der Waals surface area contributed by atoms with Crippen LogP contribution < -0.4 is 0 Å². The minimum Gasteiger partial charge on any atom is -0.206 e. The molecule has 0 aliphatic rings. The molecular formula is C15H25F. The minimum atomic E-state index is -0.345. The zero-order chi connectivity index (χ0) is 13.4. The molecule has 0 aliphatic carbocycles. The predicted molar refractivity (Wildman–Crippen MR) is 73.9 cm³/mol. The molecule has 0 aromatic rings. The number of rotatable bonds is 2. The molecule has 0 rings (SSSR count). The fraction of sp³-hybridized carbons (Fsp3) is 0.467. The second-order valence-corrected chi connectivity index (χ2v) is 2.81. The van der Waals surface area contributed by atoms with E-state index in [0.717, 1.165) is 5.57 Å². The van der Waals surface area contributed by atoms with E-state index in [1.54, 1.807) is 19.9 Å². The number of allylic oxidation sites excluding steroid dienone is 5. The van der Waals surface area contributed by atoms with E-state index in [4.69, 9.17) is 0 Å². The maximum Gasteiger partial charge on any atom is 0.131 e. The van der Waals surface area contributed by atoms with Crippen molar-refractivity contribution in [2.24, 2.45) is 0 Å². The van der Waals surface area contributed by atoms with E-state index in [2.05, 4.69) is 32.3 Å². The Kier molecular flexibility index (Phi) is 24.3. The molecular weight excluding hydrogens is 199 g/mol. The predicted octanol–water partition coefficient (Wildman–Crippen LogP) is 5.44. The summed E-state index contributed by atoms with van der Waals surface area (Å²) in [7, 11) is 0. The van der Waals surface area contributed by atoms with Crippen molar-refractivity contribution in [3.63, 3.8) is 0 Å². The zero-order valence-corrected chi connectivity index (χ0v) is 11.5. The number of hydrogen-bond donors (Lipinski definition) is 0. The summed E-state index contributed by atoms with van der Waals surface area (Å²) in [5, 5.41) is 0. The molecule has 0 spiro atoms. The molecule has 0 unspecified atom stereocenters. The molecule has 0 radical (unpaired) electrons. The van der Waals surface area contributed by atoms with Crippen LogP contribution in [0.4, 0.5) is 4.39 Å².